The minimum absolute atomic E-state index is 0.674. The Morgan fingerprint density at radius 2 is 1.71 bits per heavy atom. The normalized spacial score (nSPS) is 11.9. The Kier molecular flexibility index (Phi) is 6.27. The molecular formula is C14H24. The predicted octanol–water partition coefficient (Wildman–Crippen LogP) is 4.89. The molecule has 0 bridgehead atoms. The van der Waals surface area contributed by atoms with Gasteiger partial charge in [0.2, 0.25) is 0 Å². The summed E-state index contributed by atoms with van der Waals surface area (Å²) < 4.78 is 0. The predicted molar refractivity (Wildman–Crippen MR) is 66.4 cm³/mol. The van der Waals surface area contributed by atoms with Crippen molar-refractivity contribution in [2.45, 2.75) is 47.0 Å². The first-order chi connectivity index (χ1) is 6.52. The number of allylic oxidation sites excluding steroid dienone is 4. The van der Waals surface area contributed by atoms with Crippen LogP contribution in [0, 0.1) is 5.92 Å². The van der Waals surface area contributed by atoms with Crippen LogP contribution in [0.1, 0.15) is 47.0 Å². The fourth-order valence-electron chi connectivity index (χ4n) is 1.54. The molecule has 0 heteroatoms. The van der Waals surface area contributed by atoms with Crippen molar-refractivity contribution in [1.82, 2.24) is 0 Å². The molecule has 0 amide bonds. The van der Waals surface area contributed by atoms with Crippen LogP contribution in [0.15, 0.2) is 36.0 Å². The fraction of sp³-hybridized carbons (Fsp3) is 0.571. The third kappa shape index (κ3) is 4.45. The molecule has 0 aromatic rings. The maximum absolute atomic E-state index is 4.15. The average Bonchev–Trinajstić information content (AvgIpc) is 2.11. The van der Waals surface area contributed by atoms with E-state index in [4.69, 9.17) is 0 Å². The number of hydrogen-bond donors (Lipinski definition) is 0. The number of rotatable bonds is 6. The second-order valence-corrected chi connectivity index (χ2v) is 4.18. The molecule has 0 saturated heterocycles. The van der Waals surface area contributed by atoms with Gasteiger partial charge in [-0.15, -0.1) is 0 Å². The summed E-state index contributed by atoms with van der Waals surface area (Å²) in [6.45, 7) is 17.0. The molecule has 0 unspecified atom stereocenters. The molecule has 80 valence electrons. The molecular weight excluding hydrogens is 168 g/mol. The molecule has 0 heterocycles. The first kappa shape index (κ1) is 13.2. The molecule has 0 spiro atoms. The zero-order chi connectivity index (χ0) is 11.1. The molecule has 0 aromatic heterocycles. The third-order valence-electron chi connectivity index (χ3n) is 2.25. The van der Waals surface area contributed by atoms with Crippen LogP contribution >= 0.6 is 0 Å². The molecule has 0 aliphatic rings. The van der Waals surface area contributed by atoms with Crippen LogP contribution in [-0.4, -0.2) is 0 Å². The van der Waals surface area contributed by atoms with E-state index in [1.165, 1.54) is 16.7 Å². The number of hydrogen-bond acceptors (Lipinski definition) is 0. The van der Waals surface area contributed by atoms with Gasteiger partial charge >= 0.3 is 0 Å². The Morgan fingerprint density at radius 3 is 2.07 bits per heavy atom. The average molecular weight is 192 g/mol. The lowest BCUT2D eigenvalue weighted by Gasteiger charge is -2.14. The van der Waals surface area contributed by atoms with Crippen LogP contribution in [0.3, 0.4) is 0 Å². The van der Waals surface area contributed by atoms with Crippen molar-refractivity contribution in [2.24, 2.45) is 5.92 Å². The van der Waals surface area contributed by atoms with Crippen LogP contribution in [0.25, 0.3) is 0 Å². The highest BCUT2D eigenvalue weighted by atomic mass is 14.1. The molecule has 0 aliphatic carbocycles. The second-order valence-electron chi connectivity index (χ2n) is 4.18. The van der Waals surface area contributed by atoms with E-state index in [1.807, 2.05) is 0 Å². The lowest BCUT2D eigenvalue weighted by molar-refractivity contribution is 0.647. The van der Waals surface area contributed by atoms with Gasteiger partial charge in [0, 0.05) is 0 Å². The molecule has 14 heavy (non-hydrogen) atoms. The monoisotopic (exact) mass is 192 g/mol. The van der Waals surface area contributed by atoms with Crippen molar-refractivity contribution in [1.29, 1.82) is 0 Å². The summed E-state index contributed by atoms with van der Waals surface area (Å²) in [5.41, 5.74) is 3.76. The van der Waals surface area contributed by atoms with Crippen LogP contribution in [0.5, 0.6) is 0 Å². The van der Waals surface area contributed by atoms with Gasteiger partial charge in [-0.25, -0.2) is 0 Å². The van der Waals surface area contributed by atoms with Crippen LogP contribution in [-0.2, 0) is 0 Å². The molecule has 0 radical (unpaired) electrons. The first-order valence-electron chi connectivity index (χ1n) is 5.59. The minimum atomic E-state index is 0.674. The quantitative estimate of drug-likeness (QED) is 0.525. The maximum Gasteiger partial charge on any atom is -0.0244 e. The van der Waals surface area contributed by atoms with E-state index in [9.17, 15) is 0 Å². The maximum atomic E-state index is 4.15. The second kappa shape index (κ2) is 6.64. The Bertz CT molecular complexity index is 228. The third-order valence-corrected chi connectivity index (χ3v) is 2.25. The molecule has 0 N–H and O–H groups in total. The summed E-state index contributed by atoms with van der Waals surface area (Å²) in [4.78, 5) is 0. The smallest absolute Gasteiger partial charge is 0.0244 e. The summed E-state index contributed by atoms with van der Waals surface area (Å²) in [7, 11) is 0. The Hall–Kier alpha value is -0.780. The zero-order valence-corrected chi connectivity index (χ0v) is 10.2. The Balaban J connectivity index is 4.59. The van der Waals surface area contributed by atoms with E-state index < -0.39 is 0 Å². The van der Waals surface area contributed by atoms with Gasteiger partial charge in [-0.3, -0.25) is 0 Å². The highest BCUT2D eigenvalue weighted by molar-refractivity contribution is 5.43. The Morgan fingerprint density at radius 1 is 1.14 bits per heavy atom. The van der Waals surface area contributed by atoms with Gasteiger partial charge in [0.05, 0.1) is 0 Å². The van der Waals surface area contributed by atoms with E-state index in [1.54, 1.807) is 0 Å². The summed E-state index contributed by atoms with van der Waals surface area (Å²) in [6.07, 6.45) is 5.40. The molecule has 0 aliphatic heterocycles. The topological polar surface area (TPSA) is 0 Å². The van der Waals surface area contributed by atoms with E-state index in [2.05, 4.69) is 46.9 Å². The zero-order valence-electron chi connectivity index (χ0n) is 10.2. The molecule has 0 aromatic carbocycles. The van der Waals surface area contributed by atoms with Crippen LogP contribution < -0.4 is 0 Å². The Labute approximate surface area is 89.4 Å². The van der Waals surface area contributed by atoms with E-state index in [0.717, 1.165) is 19.3 Å². The van der Waals surface area contributed by atoms with Crippen molar-refractivity contribution in [3.8, 4) is 0 Å². The first-order valence-corrected chi connectivity index (χ1v) is 5.59. The molecule has 0 rings (SSSR count). The molecule has 0 fully saturated rings. The van der Waals surface area contributed by atoms with Gasteiger partial charge < -0.3 is 0 Å². The lowest BCUT2D eigenvalue weighted by atomic mass is 9.91. The SMILES string of the molecule is C=C(CC)/C(=C\CC)C(=C)CC(C)C. The molecule has 0 saturated carbocycles. The lowest BCUT2D eigenvalue weighted by Crippen LogP contribution is -1.96. The van der Waals surface area contributed by atoms with E-state index in [0.29, 0.717) is 5.92 Å². The van der Waals surface area contributed by atoms with E-state index >= 15 is 0 Å². The van der Waals surface area contributed by atoms with Gasteiger partial charge in [0.15, 0.2) is 0 Å². The largest absolute Gasteiger partial charge is 0.0952 e. The summed E-state index contributed by atoms with van der Waals surface area (Å²) in [6, 6.07) is 0. The van der Waals surface area contributed by atoms with Crippen LogP contribution in [0.4, 0.5) is 0 Å². The minimum Gasteiger partial charge on any atom is -0.0952 e. The van der Waals surface area contributed by atoms with Crippen LogP contribution in [0.2, 0.25) is 0 Å². The highest BCUT2D eigenvalue weighted by Gasteiger charge is 2.06. The van der Waals surface area contributed by atoms with Crippen molar-refractivity contribution in [3.05, 3.63) is 36.0 Å². The van der Waals surface area contributed by atoms with Gasteiger partial charge in [-0.2, -0.15) is 0 Å². The van der Waals surface area contributed by atoms with Gasteiger partial charge in [-0.1, -0.05) is 46.9 Å². The van der Waals surface area contributed by atoms with Crippen molar-refractivity contribution in [3.63, 3.8) is 0 Å². The van der Waals surface area contributed by atoms with E-state index in [-0.39, 0.29) is 0 Å². The highest BCUT2D eigenvalue weighted by Crippen LogP contribution is 2.25. The molecule has 0 atom stereocenters. The van der Waals surface area contributed by atoms with Gasteiger partial charge in [0.1, 0.15) is 0 Å². The van der Waals surface area contributed by atoms with Crippen molar-refractivity contribution < 1.29 is 0 Å². The summed E-state index contributed by atoms with van der Waals surface area (Å²) in [5.74, 6) is 0.674. The van der Waals surface area contributed by atoms with Gasteiger partial charge in [-0.05, 0) is 41.9 Å². The molecule has 0 nitrogen and oxygen atoms in total. The van der Waals surface area contributed by atoms with Gasteiger partial charge in [0.25, 0.3) is 0 Å². The summed E-state index contributed by atoms with van der Waals surface area (Å²) >= 11 is 0. The fourth-order valence-corrected chi connectivity index (χ4v) is 1.54. The summed E-state index contributed by atoms with van der Waals surface area (Å²) in [5, 5.41) is 0. The van der Waals surface area contributed by atoms with Crippen molar-refractivity contribution >= 4 is 0 Å². The van der Waals surface area contributed by atoms with Crippen molar-refractivity contribution in [2.75, 3.05) is 0 Å². The standard InChI is InChI=1S/C14H24/c1-7-9-14(12(5)8-2)13(6)10-11(3)4/h9,11H,5-8,10H2,1-4H3/b14-9+.